The summed E-state index contributed by atoms with van der Waals surface area (Å²) in [5.74, 6) is 1.91. The number of methoxy groups -OCH3 is 1. The second-order valence-corrected chi connectivity index (χ2v) is 7.58. The summed E-state index contributed by atoms with van der Waals surface area (Å²) in [6.45, 7) is 6.61. The molecule has 0 spiro atoms. The zero-order chi connectivity index (χ0) is 20.2. The van der Waals surface area contributed by atoms with Crippen molar-refractivity contribution in [1.82, 2.24) is 4.90 Å². The van der Waals surface area contributed by atoms with Crippen molar-refractivity contribution in [2.24, 2.45) is 4.99 Å². The van der Waals surface area contributed by atoms with E-state index >= 15 is 0 Å². The number of nitrogens with zero attached hydrogens (tertiary/aromatic N) is 3. The van der Waals surface area contributed by atoms with E-state index in [1.165, 1.54) is 22.4 Å². The monoisotopic (exact) mass is 385 g/mol. The van der Waals surface area contributed by atoms with E-state index < -0.39 is 0 Å². The van der Waals surface area contributed by atoms with Crippen LogP contribution in [0.15, 0.2) is 77.8 Å². The number of anilines is 1. The Morgan fingerprint density at radius 1 is 0.897 bits per heavy atom. The Hall–Kier alpha value is -3.11. The van der Waals surface area contributed by atoms with Gasteiger partial charge in [0.25, 0.3) is 0 Å². The first-order valence-electron chi connectivity index (χ1n) is 9.93. The molecule has 1 heterocycles. The summed E-state index contributed by atoms with van der Waals surface area (Å²) in [6.07, 6.45) is 0. The highest BCUT2D eigenvalue weighted by molar-refractivity contribution is 6.10. The van der Waals surface area contributed by atoms with Crippen molar-refractivity contribution in [3.05, 3.63) is 95.1 Å². The van der Waals surface area contributed by atoms with Gasteiger partial charge in [-0.1, -0.05) is 48.5 Å². The topological polar surface area (TPSA) is 28.1 Å². The molecule has 0 unspecified atom stereocenters. The van der Waals surface area contributed by atoms with Crippen LogP contribution in [0.4, 0.5) is 5.69 Å². The number of amidine groups is 1. The minimum atomic E-state index is 0.678. The number of aliphatic imine (C=N–C) groups is 1. The van der Waals surface area contributed by atoms with Crippen LogP contribution in [0, 0.1) is 13.8 Å². The van der Waals surface area contributed by atoms with Crippen molar-refractivity contribution < 1.29 is 4.74 Å². The van der Waals surface area contributed by atoms with Gasteiger partial charge in [0.1, 0.15) is 11.6 Å². The fourth-order valence-corrected chi connectivity index (χ4v) is 3.80. The molecule has 0 aromatic heterocycles. The van der Waals surface area contributed by atoms with Gasteiger partial charge in [-0.2, -0.15) is 0 Å². The molecule has 4 rings (SSSR count). The summed E-state index contributed by atoms with van der Waals surface area (Å²) in [5, 5.41) is 0. The Balaban J connectivity index is 1.64. The van der Waals surface area contributed by atoms with Crippen LogP contribution in [0.2, 0.25) is 0 Å². The molecule has 29 heavy (non-hydrogen) atoms. The van der Waals surface area contributed by atoms with Crippen LogP contribution in [0.1, 0.15) is 22.3 Å². The molecule has 3 aromatic rings. The SMILES string of the molecule is COc1ccc(CN2CN=C(c3ccccc3)N(c3cc(C)cc(C)c3)C2)cc1. The molecule has 3 aromatic carbocycles. The first-order valence-corrected chi connectivity index (χ1v) is 9.93. The van der Waals surface area contributed by atoms with Crippen LogP contribution in [0.5, 0.6) is 5.75 Å². The van der Waals surface area contributed by atoms with E-state index in [1.807, 2.05) is 18.2 Å². The van der Waals surface area contributed by atoms with Crippen LogP contribution >= 0.6 is 0 Å². The number of rotatable bonds is 5. The maximum absolute atomic E-state index is 5.28. The average Bonchev–Trinajstić information content (AvgIpc) is 2.74. The Labute approximate surface area is 173 Å². The molecule has 4 heteroatoms. The summed E-state index contributed by atoms with van der Waals surface area (Å²) in [5.41, 5.74) is 6.12. The van der Waals surface area contributed by atoms with Crippen molar-refractivity contribution in [3.8, 4) is 5.75 Å². The molecule has 0 saturated carbocycles. The highest BCUT2D eigenvalue weighted by atomic mass is 16.5. The summed E-state index contributed by atoms with van der Waals surface area (Å²) < 4.78 is 5.28. The van der Waals surface area contributed by atoms with E-state index in [2.05, 4.69) is 78.2 Å². The van der Waals surface area contributed by atoms with E-state index in [9.17, 15) is 0 Å². The molecule has 0 amide bonds. The predicted molar refractivity (Wildman–Crippen MR) is 120 cm³/mol. The van der Waals surface area contributed by atoms with Crippen molar-refractivity contribution in [2.75, 3.05) is 25.3 Å². The van der Waals surface area contributed by atoms with Crippen molar-refractivity contribution in [3.63, 3.8) is 0 Å². The van der Waals surface area contributed by atoms with Crippen LogP contribution in [-0.4, -0.2) is 31.2 Å². The maximum Gasteiger partial charge on any atom is 0.137 e. The molecule has 0 fully saturated rings. The molecule has 4 nitrogen and oxygen atoms in total. The number of benzene rings is 3. The van der Waals surface area contributed by atoms with Gasteiger partial charge in [0.15, 0.2) is 0 Å². The Bertz CT molecular complexity index is 976. The Kier molecular flexibility index (Phi) is 5.63. The predicted octanol–water partition coefficient (Wildman–Crippen LogP) is 5.00. The fraction of sp³-hybridized carbons (Fsp3) is 0.240. The van der Waals surface area contributed by atoms with Crippen molar-refractivity contribution >= 4 is 11.5 Å². The minimum absolute atomic E-state index is 0.678. The quantitative estimate of drug-likeness (QED) is 0.619. The lowest BCUT2D eigenvalue weighted by Crippen LogP contribution is -2.46. The first kappa shape index (κ1) is 19.2. The molecule has 0 atom stereocenters. The molecule has 1 aliphatic heterocycles. The largest absolute Gasteiger partial charge is 0.497 e. The summed E-state index contributed by atoms with van der Waals surface area (Å²) >= 11 is 0. The second kappa shape index (κ2) is 8.50. The summed E-state index contributed by atoms with van der Waals surface area (Å²) in [7, 11) is 1.70. The fourth-order valence-electron chi connectivity index (χ4n) is 3.80. The average molecular weight is 386 g/mol. The van der Waals surface area contributed by atoms with Crippen molar-refractivity contribution in [1.29, 1.82) is 0 Å². The standard InChI is InChI=1S/C25H27N3O/c1-19-13-20(2)15-23(14-19)28-18-27(16-21-9-11-24(29-3)12-10-21)17-26-25(28)22-7-5-4-6-8-22/h4-15H,16-18H2,1-3H3. The lowest BCUT2D eigenvalue weighted by molar-refractivity contribution is 0.273. The lowest BCUT2D eigenvalue weighted by atomic mass is 10.1. The number of hydrogen-bond donors (Lipinski definition) is 0. The number of ether oxygens (including phenoxy) is 1. The van der Waals surface area contributed by atoms with Crippen LogP contribution < -0.4 is 9.64 Å². The van der Waals surface area contributed by atoms with Gasteiger partial charge in [-0.05, 0) is 54.8 Å². The zero-order valence-corrected chi connectivity index (χ0v) is 17.3. The Morgan fingerprint density at radius 2 is 1.59 bits per heavy atom. The van der Waals surface area contributed by atoms with Gasteiger partial charge in [0.05, 0.1) is 20.4 Å². The molecule has 0 saturated heterocycles. The molecule has 1 aliphatic rings. The lowest BCUT2D eigenvalue weighted by Gasteiger charge is -2.36. The molecule has 0 radical (unpaired) electrons. The van der Waals surface area contributed by atoms with Crippen molar-refractivity contribution in [2.45, 2.75) is 20.4 Å². The van der Waals surface area contributed by atoms with Crippen LogP contribution in [0.3, 0.4) is 0 Å². The van der Waals surface area contributed by atoms with E-state index in [4.69, 9.17) is 9.73 Å². The smallest absolute Gasteiger partial charge is 0.137 e. The summed E-state index contributed by atoms with van der Waals surface area (Å²) in [4.78, 5) is 9.65. The second-order valence-electron chi connectivity index (χ2n) is 7.58. The van der Waals surface area contributed by atoms with Crippen LogP contribution in [-0.2, 0) is 6.54 Å². The highest BCUT2D eigenvalue weighted by Crippen LogP contribution is 2.25. The van der Waals surface area contributed by atoms with E-state index in [-0.39, 0.29) is 0 Å². The van der Waals surface area contributed by atoms with Gasteiger partial charge in [-0.15, -0.1) is 0 Å². The Morgan fingerprint density at radius 3 is 2.24 bits per heavy atom. The van der Waals surface area contributed by atoms with Gasteiger partial charge in [-0.3, -0.25) is 9.89 Å². The molecule has 0 bridgehead atoms. The molecule has 0 N–H and O–H groups in total. The molecular formula is C25H27N3O. The molecular weight excluding hydrogens is 358 g/mol. The van der Waals surface area contributed by atoms with Gasteiger partial charge in [0, 0.05) is 17.8 Å². The summed E-state index contributed by atoms with van der Waals surface area (Å²) in [6, 6.07) is 25.4. The van der Waals surface area contributed by atoms with Crippen LogP contribution in [0.25, 0.3) is 0 Å². The third-order valence-corrected chi connectivity index (χ3v) is 5.13. The normalized spacial score (nSPS) is 14.6. The molecule has 0 aliphatic carbocycles. The number of aryl methyl sites for hydroxylation is 2. The third-order valence-electron chi connectivity index (χ3n) is 5.13. The molecule has 148 valence electrons. The minimum Gasteiger partial charge on any atom is -0.497 e. The zero-order valence-electron chi connectivity index (χ0n) is 17.3. The van der Waals surface area contributed by atoms with Gasteiger partial charge >= 0.3 is 0 Å². The highest BCUT2D eigenvalue weighted by Gasteiger charge is 2.23. The van der Waals surface area contributed by atoms with Gasteiger partial charge < -0.3 is 9.64 Å². The van der Waals surface area contributed by atoms with Gasteiger partial charge in [0.2, 0.25) is 0 Å². The van der Waals surface area contributed by atoms with E-state index in [0.717, 1.165) is 30.4 Å². The number of hydrogen-bond acceptors (Lipinski definition) is 4. The van der Waals surface area contributed by atoms with E-state index in [0.29, 0.717) is 6.67 Å². The van der Waals surface area contributed by atoms with Gasteiger partial charge in [-0.25, -0.2) is 0 Å². The maximum atomic E-state index is 5.28. The third kappa shape index (κ3) is 4.49. The van der Waals surface area contributed by atoms with E-state index in [1.54, 1.807) is 7.11 Å². The first-order chi connectivity index (χ1) is 14.1.